The molecular weight excluding hydrogens is 308 g/mol. The molecule has 0 bridgehead atoms. The van der Waals surface area contributed by atoms with E-state index >= 15 is 0 Å². The number of fused-ring (bicyclic) bond motifs is 1. The van der Waals surface area contributed by atoms with Crippen LogP contribution in [0.1, 0.15) is 36.4 Å². The van der Waals surface area contributed by atoms with Crippen LogP contribution in [0.15, 0.2) is 12.1 Å². The molecule has 2 aromatic rings. The lowest BCUT2D eigenvalue weighted by Gasteiger charge is -2.11. The van der Waals surface area contributed by atoms with E-state index in [1.165, 1.54) is 0 Å². The highest BCUT2D eigenvalue weighted by atomic mass is 16.5. The largest absolute Gasteiger partial charge is 0.466 e. The average Bonchev–Trinajstić information content (AvgIpc) is 2.50. The van der Waals surface area contributed by atoms with Crippen molar-refractivity contribution in [2.45, 2.75) is 40.5 Å². The van der Waals surface area contributed by atoms with Crippen LogP contribution in [0.3, 0.4) is 0 Å². The van der Waals surface area contributed by atoms with Crippen molar-refractivity contribution in [2.75, 3.05) is 13.2 Å². The molecule has 6 heteroatoms. The van der Waals surface area contributed by atoms with Crippen molar-refractivity contribution in [3.63, 3.8) is 0 Å². The maximum Gasteiger partial charge on any atom is 0.311 e. The summed E-state index contributed by atoms with van der Waals surface area (Å²) in [5.41, 5.74) is 4.50. The Labute approximate surface area is 141 Å². The first kappa shape index (κ1) is 17.8. The van der Waals surface area contributed by atoms with Gasteiger partial charge in [-0.25, -0.2) is 9.97 Å². The zero-order valence-electron chi connectivity index (χ0n) is 14.5. The number of rotatable bonds is 6. The van der Waals surface area contributed by atoms with Gasteiger partial charge in [0.15, 0.2) is 0 Å². The van der Waals surface area contributed by atoms with Crippen molar-refractivity contribution < 1.29 is 19.1 Å². The number of aromatic nitrogens is 2. The third-order valence-corrected chi connectivity index (χ3v) is 3.67. The number of carbonyl (C=O) groups is 2. The highest BCUT2D eigenvalue weighted by Gasteiger charge is 2.17. The van der Waals surface area contributed by atoms with Crippen LogP contribution in [0, 0.1) is 13.8 Å². The Kier molecular flexibility index (Phi) is 5.84. The maximum absolute atomic E-state index is 11.8. The van der Waals surface area contributed by atoms with Crippen molar-refractivity contribution in [3.05, 3.63) is 34.6 Å². The summed E-state index contributed by atoms with van der Waals surface area (Å²) in [7, 11) is 0. The molecule has 0 N–H and O–H groups in total. The topological polar surface area (TPSA) is 78.4 Å². The van der Waals surface area contributed by atoms with E-state index in [0.717, 1.165) is 11.1 Å². The molecule has 0 spiro atoms. The van der Waals surface area contributed by atoms with Crippen molar-refractivity contribution in [3.8, 4) is 0 Å². The van der Waals surface area contributed by atoms with E-state index in [0.29, 0.717) is 35.6 Å². The molecule has 24 heavy (non-hydrogen) atoms. The number of nitrogens with zero attached hydrogens (tertiary/aromatic N) is 2. The van der Waals surface area contributed by atoms with Crippen LogP contribution in [0.2, 0.25) is 0 Å². The van der Waals surface area contributed by atoms with Crippen LogP contribution < -0.4 is 0 Å². The van der Waals surface area contributed by atoms with Gasteiger partial charge in [-0.3, -0.25) is 9.59 Å². The number of hydrogen-bond donors (Lipinski definition) is 0. The lowest BCUT2D eigenvalue weighted by molar-refractivity contribution is -0.143. The fourth-order valence-corrected chi connectivity index (χ4v) is 2.37. The van der Waals surface area contributed by atoms with Crippen LogP contribution in [0.5, 0.6) is 0 Å². The van der Waals surface area contributed by atoms with Gasteiger partial charge in [0, 0.05) is 0 Å². The average molecular weight is 330 g/mol. The molecule has 0 radical (unpaired) electrons. The third kappa shape index (κ3) is 4.28. The first-order chi connectivity index (χ1) is 11.4. The SMILES string of the molecule is CCOC(=O)Cc1nc2cc(C)c(C)cc2nc1CC(=O)OCC. The second kappa shape index (κ2) is 7.86. The van der Waals surface area contributed by atoms with Gasteiger partial charge in [0.2, 0.25) is 0 Å². The highest BCUT2D eigenvalue weighted by Crippen LogP contribution is 2.19. The summed E-state index contributed by atoms with van der Waals surface area (Å²) in [6.45, 7) is 8.07. The zero-order valence-corrected chi connectivity index (χ0v) is 14.5. The van der Waals surface area contributed by atoms with Gasteiger partial charge in [-0.1, -0.05) is 0 Å². The molecule has 6 nitrogen and oxygen atoms in total. The van der Waals surface area contributed by atoms with E-state index < -0.39 is 0 Å². The molecule has 0 saturated heterocycles. The molecule has 0 aliphatic carbocycles. The van der Waals surface area contributed by atoms with Crippen LogP contribution in [-0.2, 0) is 31.9 Å². The predicted molar refractivity (Wildman–Crippen MR) is 89.7 cm³/mol. The summed E-state index contributed by atoms with van der Waals surface area (Å²) in [5.74, 6) is -0.778. The Balaban J connectivity index is 2.46. The molecule has 0 fully saturated rings. The van der Waals surface area contributed by atoms with E-state index in [1.54, 1.807) is 13.8 Å². The number of benzene rings is 1. The Bertz CT molecular complexity index is 707. The molecular formula is C18H22N2O4. The Hall–Kier alpha value is -2.50. The van der Waals surface area contributed by atoms with Crippen LogP contribution in [0.25, 0.3) is 11.0 Å². The lowest BCUT2D eigenvalue weighted by atomic mass is 10.1. The van der Waals surface area contributed by atoms with Crippen LogP contribution in [0.4, 0.5) is 0 Å². The number of ether oxygens (including phenoxy) is 2. The van der Waals surface area contributed by atoms with Gasteiger partial charge in [0.1, 0.15) is 0 Å². The molecule has 0 saturated carbocycles. The molecule has 1 aromatic heterocycles. The van der Waals surface area contributed by atoms with Crippen molar-refractivity contribution in [1.82, 2.24) is 9.97 Å². The first-order valence-corrected chi connectivity index (χ1v) is 8.02. The summed E-state index contributed by atoms with van der Waals surface area (Å²) in [5, 5.41) is 0. The van der Waals surface area contributed by atoms with Crippen molar-refractivity contribution >= 4 is 23.0 Å². The highest BCUT2D eigenvalue weighted by molar-refractivity contribution is 5.80. The predicted octanol–water partition coefficient (Wildman–Crippen LogP) is 2.46. The van der Waals surface area contributed by atoms with Gasteiger partial charge >= 0.3 is 11.9 Å². The van der Waals surface area contributed by atoms with E-state index in [9.17, 15) is 9.59 Å². The van der Waals surface area contributed by atoms with E-state index in [2.05, 4.69) is 9.97 Å². The number of esters is 2. The van der Waals surface area contributed by atoms with Gasteiger partial charge in [0.05, 0.1) is 48.5 Å². The minimum atomic E-state index is -0.389. The molecule has 1 aromatic carbocycles. The van der Waals surface area contributed by atoms with E-state index in [1.807, 2.05) is 26.0 Å². The summed E-state index contributed by atoms with van der Waals surface area (Å²) in [6.07, 6.45) is -0.0309. The number of carbonyl (C=O) groups excluding carboxylic acids is 2. The van der Waals surface area contributed by atoms with Gasteiger partial charge in [-0.15, -0.1) is 0 Å². The molecule has 0 aliphatic rings. The fraction of sp³-hybridized carbons (Fsp3) is 0.444. The Morgan fingerprint density at radius 3 is 1.54 bits per heavy atom. The zero-order chi connectivity index (χ0) is 17.7. The van der Waals surface area contributed by atoms with E-state index in [4.69, 9.17) is 9.47 Å². The van der Waals surface area contributed by atoms with Crippen molar-refractivity contribution in [2.24, 2.45) is 0 Å². The maximum atomic E-state index is 11.8. The van der Waals surface area contributed by atoms with Gasteiger partial charge in [0.25, 0.3) is 0 Å². The third-order valence-electron chi connectivity index (χ3n) is 3.67. The second-order valence-corrected chi connectivity index (χ2v) is 5.51. The molecule has 0 unspecified atom stereocenters. The Morgan fingerprint density at radius 1 is 0.833 bits per heavy atom. The smallest absolute Gasteiger partial charge is 0.311 e. The molecule has 0 aliphatic heterocycles. The monoisotopic (exact) mass is 330 g/mol. The molecule has 0 amide bonds. The minimum Gasteiger partial charge on any atom is -0.466 e. The Morgan fingerprint density at radius 2 is 1.21 bits per heavy atom. The number of hydrogen-bond acceptors (Lipinski definition) is 6. The molecule has 0 atom stereocenters. The number of aryl methyl sites for hydroxylation is 2. The van der Waals surface area contributed by atoms with E-state index in [-0.39, 0.29) is 24.8 Å². The molecule has 128 valence electrons. The second-order valence-electron chi connectivity index (χ2n) is 5.51. The van der Waals surface area contributed by atoms with Crippen LogP contribution >= 0.6 is 0 Å². The summed E-state index contributed by atoms with van der Waals surface area (Å²) in [4.78, 5) is 32.7. The summed E-state index contributed by atoms with van der Waals surface area (Å²) in [6, 6.07) is 3.86. The standard InChI is InChI=1S/C18H22N2O4/c1-5-23-17(21)9-15-16(10-18(22)24-6-2)20-14-8-12(4)11(3)7-13(14)19-15/h7-8H,5-6,9-10H2,1-4H3. The normalized spacial score (nSPS) is 10.7. The van der Waals surface area contributed by atoms with Gasteiger partial charge in [-0.2, -0.15) is 0 Å². The minimum absolute atomic E-state index is 0.0154. The summed E-state index contributed by atoms with van der Waals surface area (Å²) < 4.78 is 9.97. The quantitative estimate of drug-likeness (QED) is 0.757. The molecule has 2 rings (SSSR count). The van der Waals surface area contributed by atoms with Crippen LogP contribution in [-0.4, -0.2) is 35.1 Å². The first-order valence-electron chi connectivity index (χ1n) is 8.02. The summed E-state index contributed by atoms with van der Waals surface area (Å²) >= 11 is 0. The van der Waals surface area contributed by atoms with Gasteiger partial charge < -0.3 is 9.47 Å². The van der Waals surface area contributed by atoms with Gasteiger partial charge in [-0.05, 0) is 51.0 Å². The lowest BCUT2D eigenvalue weighted by Crippen LogP contribution is -2.16. The molecule has 1 heterocycles. The van der Waals surface area contributed by atoms with Crippen molar-refractivity contribution in [1.29, 1.82) is 0 Å². The fourth-order valence-electron chi connectivity index (χ4n) is 2.37.